The van der Waals surface area contributed by atoms with Gasteiger partial charge in [0.1, 0.15) is 0 Å². The van der Waals surface area contributed by atoms with Gasteiger partial charge in [-0.1, -0.05) is 0 Å². The summed E-state index contributed by atoms with van der Waals surface area (Å²) < 4.78 is 9.71. The summed E-state index contributed by atoms with van der Waals surface area (Å²) in [5.74, 6) is 0.485. The van der Waals surface area contributed by atoms with E-state index in [1.807, 2.05) is 11.8 Å². The van der Waals surface area contributed by atoms with Crippen LogP contribution in [-0.4, -0.2) is 33.9 Å². The first kappa shape index (κ1) is 25.9. The topological polar surface area (TPSA) is 6.48 Å². The third-order valence-corrected chi connectivity index (χ3v) is 22.9. The second-order valence-electron chi connectivity index (χ2n) is 11.1. The second kappa shape index (κ2) is 9.82. The standard InChI is InChI=1S/C15H10Br.C15H9S.2C2H6N.Zr/c16-14-8-4-7-12-9-10-13(15(12)14)11-5-2-1-3-6-11;1-3-10-9-11(4-1)16-15-6-2-5-13-12(10)7-8-14(13)15;2*1-3-2;/h1-9,13H;1-6,8-9,12H;2*1-2H3;/q;;2*-1;+2. The van der Waals surface area contributed by atoms with Gasteiger partial charge in [-0.15, -0.1) is 0 Å². The number of benzene rings is 4. The van der Waals surface area contributed by atoms with E-state index in [4.69, 9.17) is 0 Å². The number of rotatable bonds is 5. The number of nitrogens with zero attached hydrogens (tertiary/aromatic N) is 2. The van der Waals surface area contributed by atoms with Crippen molar-refractivity contribution < 1.29 is 20.8 Å². The average molecular weight is 671 g/mol. The molecule has 4 aromatic carbocycles. The molecule has 2 nitrogen and oxygen atoms in total. The van der Waals surface area contributed by atoms with Crippen LogP contribution in [0.1, 0.15) is 45.2 Å². The molecule has 0 fully saturated rings. The molecule has 39 heavy (non-hydrogen) atoms. The Morgan fingerprint density at radius 3 is 2.15 bits per heavy atom. The van der Waals surface area contributed by atoms with Crippen molar-refractivity contribution in [1.29, 1.82) is 0 Å². The van der Waals surface area contributed by atoms with Gasteiger partial charge in [0, 0.05) is 0 Å². The Kier molecular flexibility index (Phi) is 6.53. The predicted octanol–water partition coefficient (Wildman–Crippen LogP) is 8.69. The molecule has 1 aliphatic heterocycles. The van der Waals surface area contributed by atoms with Crippen LogP contribution < -0.4 is 0 Å². The summed E-state index contributed by atoms with van der Waals surface area (Å²) in [5.41, 5.74) is 8.42. The third-order valence-electron chi connectivity index (χ3n) is 8.67. The number of hydrogen-bond donors (Lipinski definition) is 0. The van der Waals surface area contributed by atoms with Crippen LogP contribution in [0, 0.1) is 0 Å². The molecule has 3 aliphatic rings. The first-order valence-corrected chi connectivity index (χ1v) is 19.7. The molecule has 0 spiro atoms. The Balaban J connectivity index is 1.53. The van der Waals surface area contributed by atoms with E-state index in [2.05, 4.69) is 153 Å². The van der Waals surface area contributed by atoms with Crippen LogP contribution in [0.3, 0.4) is 0 Å². The van der Waals surface area contributed by atoms with Gasteiger partial charge in [-0.05, 0) is 0 Å². The summed E-state index contributed by atoms with van der Waals surface area (Å²) in [4.78, 5) is 2.70. The summed E-state index contributed by atoms with van der Waals surface area (Å²) in [6.07, 6.45) is 5.16. The fraction of sp³-hybridized carbons (Fsp3) is 0.176. The summed E-state index contributed by atoms with van der Waals surface area (Å²) in [6.45, 7) is 0. The molecular formula is C34H31BrN2SZr. The van der Waals surface area contributed by atoms with Gasteiger partial charge in [0.25, 0.3) is 0 Å². The second-order valence-corrected chi connectivity index (χ2v) is 23.6. The van der Waals surface area contributed by atoms with E-state index in [1.165, 1.54) is 47.6 Å². The fourth-order valence-electron chi connectivity index (χ4n) is 7.29. The fourth-order valence-corrected chi connectivity index (χ4v) is 22.1. The van der Waals surface area contributed by atoms with Crippen molar-refractivity contribution in [2.45, 2.75) is 21.6 Å². The van der Waals surface area contributed by atoms with Crippen molar-refractivity contribution in [2.24, 2.45) is 0 Å². The molecule has 0 saturated carbocycles. The van der Waals surface area contributed by atoms with Gasteiger partial charge in [0.15, 0.2) is 0 Å². The molecule has 2 atom stereocenters. The number of fused-ring (bicyclic) bond motifs is 4. The van der Waals surface area contributed by atoms with Gasteiger partial charge < -0.3 is 0 Å². The van der Waals surface area contributed by atoms with E-state index >= 15 is 0 Å². The Bertz CT molecular complexity index is 1670. The van der Waals surface area contributed by atoms with Crippen LogP contribution in [0.4, 0.5) is 0 Å². The van der Waals surface area contributed by atoms with E-state index in [0.717, 1.165) is 0 Å². The summed E-state index contributed by atoms with van der Waals surface area (Å²) in [7, 11) is 9.35. The molecule has 2 aliphatic carbocycles. The monoisotopic (exact) mass is 668 g/mol. The van der Waals surface area contributed by atoms with E-state index in [9.17, 15) is 0 Å². The molecule has 194 valence electrons. The van der Waals surface area contributed by atoms with Crippen molar-refractivity contribution in [3.05, 3.63) is 135 Å². The minimum absolute atomic E-state index is 0.216. The summed E-state index contributed by atoms with van der Waals surface area (Å²) >= 11 is 2.13. The molecule has 5 heteroatoms. The van der Waals surface area contributed by atoms with Gasteiger partial charge in [-0.3, -0.25) is 0 Å². The molecule has 1 heterocycles. The molecule has 0 radical (unpaired) electrons. The molecular weight excluding hydrogens is 640 g/mol. The van der Waals surface area contributed by atoms with Gasteiger partial charge in [-0.2, -0.15) is 0 Å². The van der Waals surface area contributed by atoms with Crippen LogP contribution >= 0.6 is 27.7 Å². The Morgan fingerprint density at radius 1 is 0.692 bits per heavy atom. The van der Waals surface area contributed by atoms with Gasteiger partial charge in [0.05, 0.1) is 0 Å². The van der Waals surface area contributed by atoms with Crippen molar-refractivity contribution in [2.75, 3.05) is 28.2 Å². The molecule has 0 aromatic heterocycles. The van der Waals surface area contributed by atoms with Crippen LogP contribution in [0.2, 0.25) is 0 Å². The van der Waals surface area contributed by atoms with Gasteiger partial charge in [0.2, 0.25) is 0 Å². The molecule has 4 aromatic rings. The number of halogens is 1. The zero-order valence-electron chi connectivity index (χ0n) is 22.7. The third kappa shape index (κ3) is 3.85. The number of allylic oxidation sites excluding steroid dienone is 2. The first-order chi connectivity index (χ1) is 18.9. The molecule has 0 N–H and O–H groups in total. The minimum atomic E-state index is -3.75. The zero-order valence-corrected chi connectivity index (χ0v) is 27.5. The van der Waals surface area contributed by atoms with Crippen molar-refractivity contribution >= 4 is 39.8 Å². The Morgan fingerprint density at radius 2 is 1.38 bits per heavy atom. The molecule has 2 unspecified atom stereocenters. The van der Waals surface area contributed by atoms with Crippen LogP contribution in [0.25, 0.3) is 12.2 Å². The maximum absolute atomic E-state index is 3.97. The maximum atomic E-state index is 3.97. The van der Waals surface area contributed by atoms with Gasteiger partial charge in [-0.25, -0.2) is 0 Å². The summed E-state index contributed by atoms with van der Waals surface area (Å²) in [6, 6.07) is 34.0. The normalized spacial score (nSPS) is 19.1. The van der Waals surface area contributed by atoms with Gasteiger partial charge >= 0.3 is 252 Å². The summed E-state index contributed by atoms with van der Waals surface area (Å²) in [5, 5.41) is 0. The molecule has 6 bridgehead atoms. The quantitative estimate of drug-likeness (QED) is 0.210. The van der Waals surface area contributed by atoms with Crippen LogP contribution in [0.15, 0.2) is 112 Å². The average Bonchev–Trinajstić information content (AvgIpc) is 3.51. The molecule has 7 rings (SSSR count). The Hall–Kier alpha value is -2.01. The predicted molar refractivity (Wildman–Crippen MR) is 165 cm³/mol. The van der Waals surface area contributed by atoms with Crippen molar-refractivity contribution in [1.82, 2.24) is 5.69 Å². The van der Waals surface area contributed by atoms with Crippen LogP contribution in [0.5, 0.6) is 0 Å². The first-order valence-electron chi connectivity index (χ1n) is 13.4. The number of hydrogen-bond acceptors (Lipinski definition) is 3. The molecule has 0 saturated heterocycles. The zero-order chi connectivity index (χ0) is 26.9. The van der Waals surface area contributed by atoms with E-state index in [1.54, 1.807) is 6.56 Å². The van der Waals surface area contributed by atoms with Crippen molar-refractivity contribution in [3.8, 4) is 0 Å². The van der Waals surface area contributed by atoms with E-state index in [0.29, 0.717) is 0 Å². The molecule has 0 amide bonds. The van der Waals surface area contributed by atoms with E-state index < -0.39 is 20.8 Å². The van der Waals surface area contributed by atoms with E-state index in [-0.39, 0.29) is 11.8 Å². The Labute approximate surface area is 249 Å². The van der Waals surface area contributed by atoms with Crippen LogP contribution in [-0.2, 0) is 20.8 Å². The van der Waals surface area contributed by atoms with Crippen molar-refractivity contribution in [3.63, 3.8) is 0 Å². The SMILES string of the molecule is C[N](C)[Zr]([C]1=Cc2c3cccc2C1c1cccc(c1)S3)([C]1=Cc2cccc(Br)c2C1c1ccccc1)[N](C)C.